The van der Waals surface area contributed by atoms with Crippen LogP contribution in [-0.2, 0) is 20.9 Å². The molecule has 3 heterocycles. The van der Waals surface area contributed by atoms with Crippen LogP contribution in [0.15, 0.2) is 6.20 Å². The van der Waals surface area contributed by atoms with E-state index in [9.17, 15) is 19.5 Å². The van der Waals surface area contributed by atoms with Gasteiger partial charge in [0.15, 0.2) is 0 Å². The highest BCUT2D eigenvalue weighted by Crippen LogP contribution is 2.34. The molecular weight excluding hydrogens is 400 g/mol. The molecule has 0 aromatic carbocycles. The van der Waals surface area contributed by atoms with E-state index in [0.717, 1.165) is 19.3 Å². The molecule has 2 aliphatic rings. The Kier molecular flexibility index (Phi) is 6.98. The van der Waals surface area contributed by atoms with E-state index in [-0.39, 0.29) is 30.7 Å². The third kappa shape index (κ3) is 5.23. The number of β-amino-alcohol motifs (C(OH)–C–C–N with tert-alkyl or cyclic N) is 1. The summed E-state index contributed by atoms with van der Waals surface area (Å²) in [5, 5.41) is 21.1. The molecule has 10 heteroatoms. The summed E-state index contributed by atoms with van der Waals surface area (Å²) in [6, 6.07) is -1.42. The SMILES string of the molecule is CNC(=O)C1CC(O)CN1C(=O)[C@@H](n1cc(CN2CCCCCC2=O)nn1)C(C)(C)C. The van der Waals surface area contributed by atoms with Crippen molar-refractivity contribution in [2.24, 2.45) is 5.41 Å². The van der Waals surface area contributed by atoms with Crippen LogP contribution in [0.1, 0.15) is 64.6 Å². The van der Waals surface area contributed by atoms with E-state index < -0.39 is 23.6 Å². The molecule has 2 unspecified atom stereocenters. The van der Waals surface area contributed by atoms with Gasteiger partial charge in [0.2, 0.25) is 17.7 Å². The number of carbonyl (C=O) groups is 3. The lowest BCUT2D eigenvalue weighted by molar-refractivity contribution is -0.144. The highest BCUT2D eigenvalue weighted by atomic mass is 16.3. The molecule has 1 aromatic heterocycles. The average molecular weight is 435 g/mol. The minimum atomic E-state index is -0.743. The molecule has 0 spiro atoms. The second kappa shape index (κ2) is 9.33. The highest BCUT2D eigenvalue weighted by molar-refractivity contribution is 5.90. The molecule has 3 rings (SSSR count). The van der Waals surface area contributed by atoms with Gasteiger partial charge >= 0.3 is 0 Å². The number of likely N-dealkylation sites (tertiary alicyclic amines) is 2. The molecule has 0 bridgehead atoms. The Morgan fingerprint density at radius 3 is 2.71 bits per heavy atom. The Morgan fingerprint density at radius 1 is 1.29 bits per heavy atom. The zero-order valence-corrected chi connectivity index (χ0v) is 18.9. The first-order valence-electron chi connectivity index (χ1n) is 11.0. The summed E-state index contributed by atoms with van der Waals surface area (Å²) in [5.74, 6) is -0.452. The Hall–Kier alpha value is -2.49. The first-order chi connectivity index (χ1) is 14.6. The van der Waals surface area contributed by atoms with Gasteiger partial charge in [-0.15, -0.1) is 5.10 Å². The highest BCUT2D eigenvalue weighted by Gasteiger charge is 2.45. The number of hydrogen-bond donors (Lipinski definition) is 2. The molecule has 3 amide bonds. The van der Waals surface area contributed by atoms with Gasteiger partial charge in [0.25, 0.3) is 0 Å². The fraction of sp³-hybridized carbons (Fsp3) is 0.762. The Labute approximate surface area is 182 Å². The minimum Gasteiger partial charge on any atom is -0.391 e. The first-order valence-corrected chi connectivity index (χ1v) is 11.0. The summed E-state index contributed by atoms with van der Waals surface area (Å²) in [6.07, 6.45) is 4.67. The van der Waals surface area contributed by atoms with Crippen molar-refractivity contribution in [3.63, 3.8) is 0 Å². The predicted octanol–water partition coefficient (Wildman–Crippen LogP) is 0.476. The summed E-state index contributed by atoms with van der Waals surface area (Å²) in [4.78, 5) is 41.4. The molecule has 172 valence electrons. The zero-order chi connectivity index (χ0) is 22.8. The molecule has 0 saturated carbocycles. The Balaban J connectivity index is 1.82. The van der Waals surface area contributed by atoms with Gasteiger partial charge in [0.05, 0.1) is 18.8 Å². The molecule has 3 atom stereocenters. The van der Waals surface area contributed by atoms with E-state index >= 15 is 0 Å². The Bertz CT molecular complexity index is 817. The lowest BCUT2D eigenvalue weighted by Gasteiger charge is -2.34. The van der Waals surface area contributed by atoms with Crippen LogP contribution in [0.4, 0.5) is 0 Å². The maximum absolute atomic E-state index is 13.5. The topological polar surface area (TPSA) is 121 Å². The summed E-state index contributed by atoms with van der Waals surface area (Å²) in [5.41, 5.74) is 0.114. The molecule has 2 fully saturated rings. The summed E-state index contributed by atoms with van der Waals surface area (Å²) >= 11 is 0. The number of aromatic nitrogens is 3. The van der Waals surface area contributed by atoms with Crippen molar-refractivity contribution in [2.45, 2.75) is 77.6 Å². The maximum Gasteiger partial charge on any atom is 0.248 e. The second-order valence-electron chi connectivity index (χ2n) is 9.59. The number of amides is 3. The van der Waals surface area contributed by atoms with Crippen LogP contribution < -0.4 is 5.32 Å². The fourth-order valence-electron chi connectivity index (χ4n) is 4.42. The predicted molar refractivity (Wildman–Crippen MR) is 113 cm³/mol. The fourth-order valence-corrected chi connectivity index (χ4v) is 4.42. The van der Waals surface area contributed by atoms with Gasteiger partial charge in [-0.25, -0.2) is 4.68 Å². The van der Waals surface area contributed by atoms with Crippen LogP contribution in [0.2, 0.25) is 0 Å². The first kappa shape index (κ1) is 23.2. The molecule has 10 nitrogen and oxygen atoms in total. The van der Waals surface area contributed by atoms with Crippen LogP contribution in [0.3, 0.4) is 0 Å². The van der Waals surface area contributed by atoms with Gasteiger partial charge in [-0.05, 0) is 18.3 Å². The number of carbonyl (C=O) groups excluding carboxylic acids is 3. The van der Waals surface area contributed by atoms with E-state index in [4.69, 9.17) is 0 Å². The monoisotopic (exact) mass is 434 g/mol. The van der Waals surface area contributed by atoms with Crippen molar-refractivity contribution in [2.75, 3.05) is 20.1 Å². The average Bonchev–Trinajstić information content (AvgIpc) is 3.25. The molecular formula is C21H34N6O4. The number of hydrogen-bond acceptors (Lipinski definition) is 6. The van der Waals surface area contributed by atoms with Crippen molar-refractivity contribution in [3.05, 3.63) is 11.9 Å². The lowest BCUT2D eigenvalue weighted by atomic mass is 9.85. The summed E-state index contributed by atoms with van der Waals surface area (Å²) in [6.45, 7) is 6.96. The van der Waals surface area contributed by atoms with E-state index in [1.54, 1.807) is 11.1 Å². The maximum atomic E-state index is 13.5. The minimum absolute atomic E-state index is 0.104. The smallest absolute Gasteiger partial charge is 0.248 e. The van der Waals surface area contributed by atoms with Crippen molar-refractivity contribution in [1.29, 1.82) is 0 Å². The van der Waals surface area contributed by atoms with Crippen LogP contribution in [0.5, 0.6) is 0 Å². The van der Waals surface area contributed by atoms with Gasteiger partial charge in [0.1, 0.15) is 17.8 Å². The standard InChI is InChI=1S/C21H34N6O4/c1-21(2,3)18(20(31)26-13-15(28)10-16(26)19(30)22-4)27-12-14(23-24-27)11-25-9-7-5-6-8-17(25)29/h12,15-16,18,28H,5-11,13H2,1-4H3,(H,22,30)/t15?,16?,18-/m1/s1. The number of nitrogens with zero attached hydrogens (tertiary/aromatic N) is 5. The van der Waals surface area contributed by atoms with Crippen molar-refractivity contribution >= 4 is 17.7 Å². The number of aliphatic hydroxyl groups is 1. The van der Waals surface area contributed by atoms with Gasteiger partial charge in [0, 0.05) is 33.0 Å². The number of rotatable bonds is 5. The summed E-state index contributed by atoms with van der Waals surface area (Å²) < 4.78 is 1.53. The molecule has 31 heavy (non-hydrogen) atoms. The van der Waals surface area contributed by atoms with E-state index in [0.29, 0.717) is 25.2 Å². The third-order valence-corrected chi connectivity index (χ3v) is 6.01. The number of nitrogens with one attached hydrogen (secondary N) is 1. The third-order valence-electron chi connectivity index (χ3n) is 6.01. The van der Waals surface area contributed by atoms with Crippen LogP contribution in [0, 0.1) is 5.41 Å². The Morgan fingerprint density at radius 2 is 2.03 bits per heavy atom. The second-order valence-corrected chi connectivity index (χ2v) is 9.59. The molecule has 0 aliphatic carbocycles. The number of likely N-dealkylation sites (N-methyl/N-ethyl adjacent to an activating group) is 1. The van der Waals surface area contributed by atoms with E-state index in [2.05, 4.69) is 15.6 Å². The van der Waals surface area contributed by atoms with Gasteiger partial charge in [-0.2, -0.15) is 0 Å². The molecule has 0 radical (unpaired) electrons. The number of aliphatic hydroxyl groups excluding tert-OH is 1. The van der Waals surface area contributed by atoms with E-state index in [1.807, 2.05) is 20.8 Å². The summed E-state index contributed by atoms with van der Waals surface area (Å²) in [7, 11) is 1.52. The normalized spacial score (nSPS) is 23.6. The largest absolute Gasteiger partial charge is 0.391 e. The molecule has 2 aliphatic heterocycles. The zero-order valence-electron chi connectivity index (χ0n) is 18.9. The van der Waals surface area contributed by atoms with Crippen molar-refractivity contribution < 1.29 is 19.5 Å². The lowest BCUT2D eigenvalue weighted by Crippen LogP contribution is -2.49. The van der Waals surface area contributed by atoms with Gasteiger partial charge in [-0.1, -0.05) is 32.4 Å². The van der Waals surface area contributed by atoms with Gasteiger partial charge in [-0.3, -0.25) is 14.4 Å². The molecule has 1 aromatic rings. The molecule has 2 saturated heterocycles. The van der Waals surface area contributed by atoms with E-state index in [1.165, 1.54) is 16.6 Å². The quantitative estimate of drug-likeness (QED) is 0.695. The van der Waals surface area contributed by atoms with Crippen molar-refractivity contribution in [1.82, 2.24) is 30.1 Å². The van der Waals surface area contributed by atoms with Crippen LogP contribution >= 0.6 is 0 Å². The molecule has 2 N–H and O–H groups in total. The van der Waals surface area contributed by atoms with Crippen LogP contribution in [0.25, 0.3) is 0 Å². The van der Waals surface area contributed by atoms with Gasteiger partial charge < -0.3 is 20.2 Å². The van der Waals surface area contributed by atoms with Crippen molar-refractivity contribution in [3.8, 4) is 0 Å². The van der Waals surface area contributed by atoms with Crippen LogP contribution in [-0.4, -0.2) is 79.9 Å².